The second kappa shape index (κ2) is 5.83. The highest BCUT2D eigenvalue weighted by molar-refractivity contribution is 5.80. The van der Waals surface area contributed by atoms with Gasteiger partial charge in [-0.15, -0.1) is 0 Å². The number of nitrogens with zero attached hydrogens (tertiary/aromatic N) is 4. The van der Waals surface area contributed by atoms with Crippen molar-refractivity contribution in [1.29, 1.82) is 0 Å². The van der Waals surface area contributed by atoms with Crippen molar-refractivity contribution in [2.45, 2.75) is 18.8 Å². The third kappa shape index (κ3) is 2.36. The van der Waals surface area contributed by atoms with Crippen LogP contribution in [0.4, 0.5) is 10.3 Å². The molecule has 0 radical (unpaired) electrons. The molecule has 3 heterocycles. The third-order valence-electron chi connectivity index (χ3n) is 5.39. The normalized spacial score (nSPS) is 16.0. The van der Waals surface area contributed by atoms with E-state index in [1.54, 1.807) is 6.07 Å². The Labute approximate surface area is 150 Å². The highest BCUT2D eigenvalue weighted by atomic mass is 19.1. The van der Waals surface area contributed by atoms with Crippen molar-refractivity contribution < 1.29 is 8.91 Å². The van der Waals surface area contributed by atoms with E-state index in [0.717, 1.165) is 54.0 Å². The van der Waals surface area contributed by atoms with Crippen molar-refractivity contribution in [3.05, 3.63) is 54.0 Å². The summed E-state index contributed by atoms with van der Waals surface area (Å²) in [6.07, 6.45) is 1.95. The van der Waals surface area contributed by atoms with E-state index in [1.807, 2.05) is 18.2 Å². The van der Waals surface area contributed by atoms with Crippen molar-refractivity contribution in [2.75, 3.05) is 18.0 Å². The van der Waals surface area contributed by atoms with Crippen LogP contribution in [0.2, 0.25) is 0 Å². The van der Waals surface area contributed by atoms with Gasteiger partial charge in [0.15, 0.2) is 5.58 Å². The Balaban J connectivity index is 1.39. The number of para-hydroxylation sites is 2. The van der Waals surface area contributed by atoms with Crippen LogP contribution in [0.25, 0.3) is 22.0 Å². The fourth-order valence-corrected chi connectivity index (χ4v) is 3.99. The summed E-state index contributed by atoms with van der Waals surface area (Å²) in [5.41, 5.74) is 3.65. The number of halogens is 1. The van der Waals surface area contributed by atoms with E-state index in [9.17, 15) is 4.39 Å². The van der Waals surface area contributed by atoms with Crippen molar-refractivity contribution >= 4 is 28.0 Å². The van der Waals surface area contributed by atoms with Gasteiger partial charge in [-0.05, 0) is 37.1 Å². The van der Waals surface area contributed by atoms with Gasteiger partial charge < -0.3 is 14.0 Å². The molecule has 0 saturated carbocycles. The fraction of sp³-hybridized carbons (Fsp3) is 0.300. The molecule has 2 aromatic carbocycles. The Morgan fingerprint density at radius 2 is 1.92 bits per heavy atom. The smallest absolute Gasteiger partial charge is 0.206 e. The highest BCUT2D eigenvalue weighted by Crippen LogP contribution is 2.34. The van der Waals surface area contributed by atoms with E-state index in [1.165, 1.54) is 12.1 Å². The standard InChI is InChI=1S/C20H19FN4O/c1-24-17-5-3-2-4-16(17)22-20(24)25-10-8-13(9-11-25)19-15-7-6-14(21)12-18(15)26-23-19/h2-7,12-13H,8-11H2,1H3. The van der Waals surface area contributed by atoms with Crippen LogP contribution in [-0.4, -0.2) is 27.8 Å². The molecule has 1 aliphatic rings. The van der Waals surface area contributed by atoms with Crippen molar-refractivity contribution in [3.63, 3.8) is 0 Å². The molecular weight excluding hydrogens is 331 g/mol. The summed E-state index contributed by atoms with van der Waals surface area (Å²) in [4.78, 5) is 7.13. The van der Waals surface area contributed by atoms with E-state index < -0.39 is 0 Å². The molecule has 0 spiro atoms. The number of aromatic nitrogens is 3. The molecule has 5 nitrogen and oxygen atoms in total. The zero-order chi connectivity index (χ0) is 17.7. The van der Waals surface area contributed by atoms with Crippen LogP contribution in [0, 0.1) is 5.82 Å². The predicted octanol–water partition coefficient (Wildman–Crippen LogP) is 4.24. The summed E-state index contributed by atoms with van der Waals surface area (Å²) in [5.74, 6) is 1.04. The van der Waals surface area contributed by atoms with Crippen molar-refractivity contribution in [2.24, 2.45) is 7.05 Å². The molecule has 1 aliphatic heterocycles. The Kier molecular flexibility index (Phi) is 3.45. The van der Waals surface area contributed by atoms with Gasteiger partial charge in [-0.2, -0.15) is 0 Å². The molecule has 0 unspecified atom stereocenters. The molecule has 0 aliphatic carbocycles. The molecule has 0 N–H and O–H groups in total. The summed E-state index contributed by atoms with van der Waals surface area (Å²) in [5, 5.41) is 5.15. The molecule has 1 saturated heterocycles. The van der Waals surface area contributed by atoms with Crippen molar-refractivity contribution in [1.82, 2.24) is 14.7 Å². The molecule has 1 fully saturated rings. The minimum atomic E-state index is -0.295. The SMILES string of the molecule is Cn1c(N2CCC(c3noc4cc(F)ccc34)CC2)nc2ccccc21. The summed E-state index contributed by atoms with van der Waals surface area (Å²) in [6, 6.07) is 12.8. The Morgan fingerprint density at radius 3 is 2.73 bits per heavy atom. The lowest BCUT2D eigenvalue weighted by molar-refractivity contribution is 0.415. The van der Waals surface area contributed by atoms with Gasteiger partial charge in [0.1, 0.15) is 5.82 Å². The minimum Gasteiger partial charge on any atom is -0.356 e. The first-order chi connectivity index (χ1) is 12.7. The van der Waals surface area contributed by atoms with E-state index in [0.29, 0.717) is 11.5 Å². The van der Waals surface area contributed by atoms with Gasteiger partial charge in [-0.3, -0.25) is 0 Å². The zero-order valence-electron chi connectivity index (χ0n) is 14.5. The van der Waals surface area contributed by atoms with E-state index >= 15 is 0 Å². The number of benzene rings is 2. The van der Waals surface area contributed by atoms with Gasteiger partial charge in [0.05, 0.1) is 16.7 Å². The number of hydrogen-bond donors (Lipinski definition) is 0. The second-order valence-corrected chi connectivity index (χ2v) is 6.93. The summed E-state index contributed by atoms with van der Waals surface area (Å²) in [6.45, 7) is 1.83. The molecular formula is C20H19FN4O. The fourth-order valence-electron chi connectivity index (χ4n) is 3.99. The number of fused-ring (bicyclic) bond motifs is 2. The molecule has 4 aromatic rings. The lowest BCUT2D eigenvalue weighted by Crippen LogP contribution is -2.34. The van der Waals surface area contributed by atoms with E-state index in [2.05, 4.69) is 27.7 Å². The maximum atomic E-state index is 13.3. The minimum absolute atomic E-state index is 0.295. The van der Waals surface area contributed by atoms with Crippen LogP contribution in [0.15, 0.2) is 47.0 Å². The number of hydrogen-bond acceptors (Lipinski definition) is 4. The molecule has 132 valence electrons. The predicted molar refractivity (Wildman–Crippen MR) is 98.9 cm³/mol. The number of aryl methyl sites for hydroxylation is 1. The van der Waals surface area contributed by atoms with Gasteiger partial charge in [-0.1, -0.05) is 17.3 Å². The quantitative estimate of drug-likeness (QED) is 0.543. The average Bonchev–Trinajstić information content (AvgIpc) is 3.23. The number of imidazole rings is 1. The van der Waals surface area contributed by atoms with Gasteiger partial charge in [0.2, 0.25) is 5.95 Å². The largest absolute Gasteiger partial charge is 0.356 e. The van der Waals surface area contributed by atoms with E-state index in [4.69, 9.17) is 9.51 Å². The monoisotopic (exact) mass is 350 g/mol. The van der Waals surface area contributed by atoms with Gasteiger partial charge in [-0.25, -0.2) is 9.37 Å². The first-order valence-corrected chi connectivity index (χ1v) is 8.92. The van der Waals surface area contributed by atoms with Gasteiger partial charge >= 0.3 is 0 Å². The summed E-state index contributed by atoms with van der Waals surface area (Å²) < 4.78 is 20.8. The number of anilines is 1. The third-order valence-corrected chi connectivity index (χ3v) is 5.39. The Bertz CT molecular complexity index is 1090. The maximum absolute atomic E-state index is 13.3. The van der Waals surface area contributed by atoms with E-state index in [-0.39, 0.29) is 5.82 Å². The first-order valence-electron chi connectivity index (χ1n) is 8.92. The molecule has 2 aromatic heterocycles. The Hall–Kier alpha value is -2.89. The Morgan fingerprint density at radius 1 is 1.12 bits per heavy atom. The van der Waals surface area contributed by atoms with Gasteiger partial charge in [0, 0.05) is 37.5 Å². The zero-order valence-corrected chi connectivity index (χ0v) is 14.5. The molecule has 0 atom stereocenters. The molecule has 26 heavy (non-hydrogen) atoms. The lowest BCUT2D eigenvalue weighted by atomic mass is 9.92. The van der Waals surface area contributed by atoms with Crippen LogP contribution in [0.3, 0.4) is 0 Å². The van der Waals surface area contributed by atoms with Gasteiger partial charge in [0.25, 0.3) is 0 Å². The first kappa shape index (κ1) is 15.4. The molecule has 0 bridgehead atoms. The maximum Gasteiger partial charge on any atom is 0.206 e. The van der Waals surface area contributed by atoms with Crippen LogP contribution in [-0.2, 0) is 7.05 Å². The molecule has 0 amide bonds. The summed E-state index contributed by atoms with van der Waals surface area (Å²) in [7, 11) is 2.07. The van der Waals surface area contributed by atoms with Crippen LogP contribution in [0.5, 0.6) is 0 Å². The summed E-state index contributed by atoms with van der Waals surface area (Å²) >= 11 is 0. The highest BCUT2D eigenvalue weighted by Gasteiger charge is 2.27. The average molecular weight is 350 g/mol. The van der Waals surface area contributed by atoms with Crippen LogP contribution < -0.4 is 4.90 Å². The lowest BCUT2D eigenvalue weighted by Gasteiger charge is -2.31. The van der Waals surface area contributed by atoms with Crippen LogP contribution >= 0.6 is 0 Å². The van der Waals surface area contributed by atoms with Crippen LogP contribution in [0.1, 0.15) is 24.5 Å². The topological polar surface area (TPSA) is 47.1 Å². The second-order valence-electron chi connectivity index (χ2n) is 6.93. The number of piperidine rings is 1. The van der Waals surface area contributed by atoms with Crippen molar-refractivity contribution in [3.8, 4) is 0 Å². The molecule has 6 heteroatoms. The number of rotatable bonds is 2. The molecule has 5 rings (SSSR count).